The van der Waals surface area contributed by atoms with Crippen LogP contribution in [-0.4, -0.2) is 87.6 Å². The predicted octanol–water partition coefficient (Wildman–Crippen LogP) is 8.86. The fourth-order valence-electron chi connectivity index (χ4n) is 7.49. The lowest BCUT2D eigenvalue weighted by molar-refractivity contribution is 0.133. The van der Waals surface area contributed by atoms with Crippen molar-refractivity contribution in [3.63, 3.8) is 0 Å². The Bertz CT molecular complexity index is 2640. The average Bonchev–Trinajstić information content (AvgIpc) is 4.25. The second kappa shape index (κ2) is 23.8. The predicted molar refractivity (Wildman–Crippen MR) is 252 cm³/mol. The first-order chi connectivity index (χ1) is 32.9. The quantitative estimate of drug-likeness (QED) is 0.101. The Hall–Kier alpha value is -6.51. The van der Waals surface area contributed by atoms with Crippen LogP contribution in [0.25, 0.3) is 11.4 Å². The van der Waals surface area contributed by atoms with Gasteiger partial charge in [-0.2, -0.15) is 0 Å². The second-order valence-electron chi connectivity index (χ2n) is 15.9. The highest BCUT2D eigenvalue weighted by Crippen LogP contribution is 2.37. The molecule has 8 aromatic rings. The number of aromatic nitrogens is 14. The van der Waals surface area contributed by atoms with Gasteiger partial charge < -0.3 is 19.3 Å². The van der Waals surface area contributed by atoms with E-state index in [9.17, 15) is 0 Å². The summed E-state index contributed by atoms with van der Waals surface area (Å²) in [5.41, 5.74) is 5.91. The molecule has 0 atom stereocenters. The number of hydrogen-bond acceptors (Lipinski definition) is 18. The molecule has 0 amide bonds. The Kier molecular flexibility index (Phi) is 16.7. The molecule has 0 spiro atoms. The second-order valence-corrected chi connectivity index (χ2v) is 18.0. The van der Waals surface area contributed by atoms with Gasteiger partial charge in [-0.15, -0.1) is 44.5 Å². The molecule has 348 valence electrons. The van der Waals surface area contributed by atoms with Crippen molar-refractivity contribution in [3.05, 3.63) is 129 Å². The van der Waals surface area contributed by atoms with Crippen LogP contribution >= 0.6 is 34.3 Å². The van der Waals surface area contributed by atoms with Crippen LogP contribution in [0.5, 0.6) is 23.5 Å². The number of thiazole rings is 2. The number of halogens is 1. The molecule has 2 aliphatic carbocycles. The first kappa shape index (κ1) is 47.0. The lowest BCUT2D eigenvalue weighted by atomic mass is 9.88. The third-order valence-electron chi connectivity index (χ3n) is 11.3. The van der Waals surface area contributed by atoms with Gasteiger partial charge in [-0.25, -0.2) is 39.3 Å². The van der Waals surface area contributed by atoms with E-state index in [0.717, 1.165) is 104 Å². The summed E-state index contributed by atoms with van der Waals surface area (Å²) in [5, 5.41) is 37.4. The summed E-state index contributed by atoms with van der Waals surface area (Å²) in [6.07, 6.45) is 21.1. The number of nitrogens with zero attached hydrogens (tertiary/aromatic N) is 14. The van der Waals surface area contributed by atoms with E-state index < -0.39 is 0 Å². The molecule has 6 aromatic heterocycles. The van der Waals surface area contributed by atoms with Crippen molar-refractivity contribution in [3.8, 4) is 34.9 Å². The Morgan fingerprint density at radius 1 is 0.612 bits per heavy atom. The number of phenolic OH excluding ortho intramolecular Hbond substituents is 1. The standard InChI is InChI=1S/C23H25N7O2S.C16H20ClN3OS.C7H6N4O/c1-2-16-11-24-23(25-12-16)32-21-7-3-17(4-8-21)22-27-18(14-33-22)13-31-20-9-5-19(6-10-20)30-15-26-28-29-30;1-2-11-8-18-16(19-9-11)21-14-5-3-12(4-6-14)15-20-13(7-17)10-22-15;12-7-3-1-6(2-4-7)11-5-8-9-10-11/h5-6,9-12,14-15,17,21H,2-4,7-8,13H2,1H3;8-10,12,14H,2-7H2,1H3;1-5,12H. The summed E-state index contributed by atoms with van der Waals surface area (Å²) >= 11 is 9.27. The van der Waals surface area contributed by atoms with Gasteiger partial charge in [0.05, 0.1) is 38.7 Å². The lowest BCUT2D eigenvalue weighted by Crippen LogP contribution is -2.24. The maximum Gasteiger partial charge on any atom is 0.316 e. The van der Waals surface area contributed by atoms with Crippen molar-refractivity contribution >= 4 is 34.3 Å². The molecule has 0 saturated heterocycles. The Balaban J connectivity index is 0.000000153. The molecule has 10 rings (SSSR count). The van der Waals surface area contributed by atoms with Crippen molar-refractivity contribution in [2.75, 3.05) is 0 Å². The first-order valence-electron chi connectivity index (χ1n) is 22.3. The van der Waals surface area contributed by atoms with Crippen LogP contribution in [0, 0.1) is 0 Å². The summed E-state index contributed by atoms with van der Waals surface area (Å²) in [6, 6.07) is 15.3. The van der Waals surface area contributed by atoms with E-state index in [2.05, 4.69) is 80.6 Å². The molecule has 0 radical (unpaired) electrons. The minimum Gasteiger partial charge on any atom is -0.508 e. The molecule has 2 aliphatic rings. The zero-order valence-electron chi connectivity index (χ0n) is 37.2. The lowest BCUT2D eigenvalue weighted by Gasteiger charge is -2.27. The summed E-state index contributed by atoms with van der Waals surface area (Å²) in [6.45, 7) is 4.63. The van der Waals surface area contributed by atoms with Gasteiger partial charge >= 0.3 is 12.0 Å². The molecule has 21 heteroatoms. The van der Waals surface area contributed by atoms with Gasteiger partial charge in [0, 0.05) is 47.4 Å². The van der Waals surface area contributed by atoms with Crippen molar-refractivity contribution in [2.24, 2.45) is 0 Å². The molecular weight excluding hydrogens is 912 g/mol. The zero-order valence-corrected chi connectivity index (χ0v) is 39.5. The summed E-state index contributed by atoms with van der Waals surface area (Å²) in [5.74, 6) is 2.54. The van der Waals surface area contributed by atoms with E-state index in [-0.39, 0.29) is 18.0 Å². The molecule has 6 heterocycles. The minimum atomic E-state index is 0.174. The van der Waals surface area contributed by atoms with Gasteiger partial charge in [0.2, 0.25) is 0 Å². The van der Waals surface area contributed by atoms with Gasteiger partial charge in [0.15, 0.2) is 0 Å². The van der Waals surface area contributed by atoms with Crippen LogP contribution in [-0.2, 0) is 25.3 Å². The van der Waals surface area contributed by atoms with Gasteiger partial charge in [-0.3, -0.25) is 0 Å². The van der Waals surface area contributed by atoms with Gasteiger partial charge in [0.1, 0.15) is 43.0 Å². The number of phenols is 1. The van der Waals surface area contributed by atoms with E-state index in [1.807, 2.05) is 49.1 Å². The van der Waals surface area contributed by atoms with Crippen molar-refractivity contribution < 1.29 is 19.3 Å². The molecule has 2 fully saturated rings. The van der Waals surface area contributed by atoms with Crippen LogP contribution in [0.2, 0.25) is 0 Å². The Morgan fingerprint density at radius 3 is 1.48 bits per heavy atom. The monoisotopic (exact) mass is 962 g/mol. The van der Waals surface area contributed by atoms with Crippen molar-refractivity contribution in [1.82, 2.24) is 70.3 Å². The molecular formula is C46H51ClN14O4S2. The fraction of sp³-hybridized carbons (Fsp3) is 0.391. The van der Waals surface area contributed by atoms with Crippen LogP contribution in [0.15, 0.2) is 96.7 Å². The maximum atomic E-state index is 8.99. The molecule has 0 aliphatic heterocycles. The van der Waals surface area contributed by atoms with E-state index >= 15 is 0 Å². The SMILES string of the molecule is CCc1cnc(OC2CCC(c3nc(CCl)cs3)CC2)nc1.CCc1cnc(OC2CCC(c3nc(COc4ccc(-n5cnnn5)cc4)cs3)CC2)nc1.Oc1ccc(-n2cnnn2)cc1. The molecule has 67 heavy (non-hydrogen) atoms. The Labute approximate surface area is 400 Å². The number of aryl methyl sites for hydroxylation is 2. The van der Waals surface area contributed by atoms with Crippen molar-refractivity contribution in [1.29, 1.82) is 0 Å². The van der Waals surface area contributed by atoms with E-state index in [4.69, 9.17) is 35.9 Å². The number of tetrazole rings is 2. The van der Waals surface area contributed by atoms with E-state index in [0.29, 0.717) is 36.3 Å². The molecule has 2 saturated carbocycles. The highest BCUT2D eigenvalue weighted by atomic mass is 35.5. The van der Waals surface area contributed by atoms with Crippen LogP contribution in [0.3, 0.4) is 0 Å². The molecule has 1 N–H and O–H groups in total. The number of benzene rings is 2. The highest BCUT2D eigenvalue weighted by molar-refractivity contribution is 7.10. The third kappa shape index (κ3) is 13.5. The maximum absolute atomic E-state index is 8.99. The zero-order chi connectivity index (χ0) is 46.2. The van der Waals surface area contributed by atoms with Crippen LogP contribution < -0.4 is 14.2 Å². The number of rotatable bonds is 14. The van der Waals surface area contributed by atoms with Gasteiger partial charge in [0.25, 0.3) is 0 Å². The summed E-state index contributed by atoms with van der Waals surface area (Å²) in [4.78, 5) is 26.6. The number of aromatic hydroxyl groups is 1. The normalized spacial score (nSPS) is 17.9. The van der Waals surface area contributed by atoms with E-state index in [1.165, 1.54) is 21.0 Å². The van der Waals surface area contributed by atoms with Crippen LogP contribution in [0.1, 0.15) is 110 Å². The molecule has 0 bridgehead atoms. The first-order valence-corrected chi connectivity index (χ1v) is 24.6. The third-order valence-corrected chi connectivity index (χ3v) is 13.7. The highest BCUT2D eigenvalue weighted by Gasteiger charge is 2.27. The molecule has 18 nitrogen and oxygen atoms in total. The average molecular weight is 964 g/mol. The topological polar surface area (TPSA) is 212 Å². The molecule has 0 unspecified atom stereocenters. The van der Waals surface area contributed by atoms with E-state index in [1.54, 1.807) is 57.9 Å². The van der Waals surface area contributed by atoms with Gasteiger partial charge in [-0.1, -0.05) is 13.8 Å². The fourth-order valence-corrected chi connectivity index (χ4v) is 9.69. The smallest absolute Gasteiger partial charge is 0.316 e. The Morgan fingerprint density at radius 2 is 1.06 bits per heavy atom. The summed E-state index contributed by atoms with van der Waals surface area (Å²) in [7, 11) is 0. The molecule has 2 aromatic carbocycles. The largest absolute Gasteiger partial charge is 0.508 e. The number of hydrogen-bond donors (Lipinski definition) is 1. The van der Waals surface area contributed by atoms with Crippen LogP contribution in [0.4, 0.5) is 0 Å². The number of alkyl halides is 1. The minimum absolute atomic E-state index is 0.174. The van der Waals surface area contributed by atoms with Crippen molar-refractivity contribution in [2.45, 2.75) is 115 Å². The number of ether oxygens (including phenoxy) is 3. The summed E-state index contributed by atoms with van der Waals surface area (Å²) < 4.78 is 20.9. The van der Waals surface area contributed by atoms with Gasteiger partial charge in [-0.05, 0) is 145 Å².